The van der Waals surface area contributed by atoms with Crippen molar-refractivity contribution in [1.29, 1.82) is 0 Å². The Morgan fingerprint density at radius 2 is 0.500 bits per heavy atom. The van der Waals surface area contributed by atoms with E-state index < -0.39 is 0 Å². The summed E-state index contributed by atoms with van der Waals surface area (Å²) in [7, 11) is 0. The van der Waals surface area contributed by atoms with Gasteiger partial charge in [0.1, 0.15) is 0 Å². The van der Waals surface area contributed by atoms with Crippen LogP contribution >= 0.6 is 0 Å². The van der Waals surface area contributed by atoms with E-state index in [9.17, 15) is 0 Å². The van der Waals surface area contributed by atoms with Crippen molar-refractivity contribution in [2.24, 2.45) is 0 Å². The first kappa shape index (κ1) is 28.7. The van der Waals surface area contributed by atoms with Crippen LogP contribution < -0.4 is 50.9 Å². The Morgan fingerprint density at radius 3 is 0.500 bits per heavy atom. The van der Waals surface area contributed by atoms with Gasteiger partial charge in [-0.2, -0.15) is 0 Å². The number of hydrogen-bond donors (Lipinski definition) is 0. The van der Waals surface area contributed by atoms with Gasteiger partial charge in [0.15, 0.2) is 0 Å². The Morgan fingerprint density at radius 1 is 0.500 bits per heavy atom. The van der Waals surface area contributed by atoms with Crippen molar-refractivity contribution >= 4 is 0 Å². The van der Waals surface area contributed by atoms with Gasteiger partial charge in [-0.15, -0.1) is 0 Å². The third-order valence-corrected chi connectivity index (χ3v) is 0. The molecule has 0 aromatic carbocycles. The van der Waals surface area contributed by atoms with Crippen LogP contribution in [0.15, 0.2) is 0 Å². The predicted molar refractivity (Wildman–Crippen MR) is 0 cm³/mol. The Kier molecular flexibility index (Phi) is 121. The molecule has 0 aromatic rings. The van der Waals surface area contributed by atoms with E-state index in [-0.39, 0.29) is 95.0 Å². The summed E-state index contributed by atoms with van der Waals surface area (Å²) in [6.45, 7) is 0. The van der Waals surface area contributed by atoms with Crippen LogP contribution in [0.3, 0.4) is 0 Å². The maximum Gasteiger partial charge on any atom is 0 e. The van der Waals surface area contributed by atoms with E-state index in [0.29, 0.717) is 0 Å². The summed E-state index contributed by atoms with van der Waals surface area (Å²) in [6, 6.07) is 0. The summed E-state index contributed by atoms with van der Waals surface area (Å²) in [5, 5.41) is 0. The molecule has 0 bridgehead atoms. The Labute approximate surface area is 93.0 Å². The van der Waals surface area contributed by atoms with E-state index in [1.807, 2.05) is 0 Å². The van der Waals surface area contributed by atoms with E-state index in [0.717, 1.165) is 0 Å². The van der Waals surface area contributed by atoms with Gasteiger partial charge in [-0.1, -0.05) is 0 Å². The van der Waals surface area contributed by atoms with Crippen LogP contribution in [0.5, 0.6) is 0 Å². The summed E-state index contributed by atoms with van der Waals surface area (Å²) < 4.78 is 0. The number of halogens is 3. The molecule has 0 saturated heterocycles. The van der Waals surface area contributed by atoms with Crippen molar-refractivity contribution < 1.29 is 95.0 Å². The largest absolute Gasteiger partial charge is 1.00 e. The fraction of sp³-hybridized carbons (Fsp3) is 0. The number of hydrogen-bond acceptors (Lipinski definition) is 0. The molecular formula is AcBr3-3. The molecule has 0 saturated carbocycles. The summed E-state index contributed by atoms with van der Waals surface area (Å²) in [6.07, 6.45) is 0. The van der Waals surface area contributed by atoms with Gasteiger partial charge in [-0.3, -0.25) is 0 Å². The average Bonchev–Trinajstić information content (AvgIpc) is 0. The van der Waals surface area contributed by atoms with Gasteiger partial charge in [-0.25, -0.2) is 0 Å². The second-order valence-electron chi connectivity index (χ2n) is 0. The van der Waals surface area contributed by atoms with Crippen molar-refractivity contribution in [1.82, 2.24) is 0 Å². The molecule has 0 atom stereocenters. The molecule has 0 nitrogen and oxygen atoms in total. The first-order valence-corrected chi connectivity index (χ1v) is 0. The molecular weight excluding hydrogens is 467 g/mol. The molecule has 1 radical (unpaired) electrons. The summed E-state index contributed by atoms with van der Waals surface area (Å²) in [5.74, 6) is 0. The van der Waals surface area contributed by atoms with Crippen LogP contribution in [0.25, 0.3) is 0 Å². The molecule has 4 heteroatoms. The van der Waals surface area contributed by atoms with Crippen LogP contribution in [0, 0.1) is 44.1 Å². The number of rotatable bonds is 0. The minimum atomic E-state index is 0. The van der Waals surface area contributed by atoms with E-state index >= 15 is 0 Å². The monoisotopic (exact) mass is 464 g/mol. The predicted octanol–water partition coefficient (Wildman–Crippen LogP) is -8.99. The summed E-state index contributed by atoms with van der Waals surface area (Å²) >= 11 is 0. The maximum absolute atomic E-state index is 0. The van der Waals surface area contributed by atoms with E-state index in [4.69, 9.17) is 0 Å². The van der Waals surface area contributed by atoms with Gasteiger partial charge in [0, 0.05) is 44.1 Å². The first-order chi connectivity index (χ1) is 0. The van der Waals surface area contributed by atoms with Crippen LogP contribution in [-0.2, 0) is 0 Å². The molecule has 0 heterocycles. The molecule has 0 aliphatic heterocycles. The zero-order chi connectivity index (χ0) is 0. The SMILES string of the molecule is [Ac].[Br-].[Br-].[Br-]. The van der Waals surface area contributed by atoms with Gasteiger partial charge >= 0.3 is 0 Å². The van der Waals surface area contributed by atoms with Crippen LogP contribution in [0.1, 0.15) is 0 Å². The van der Waals surface area contributed by atoms with Gasteiger partial charge in [0.25, 0.3) is 0 Å². The molecule has 0 rings (SSSR count). The Bertz CT molecular complexity index is 3.25. The third kappa shape index (κ3) is 8.86. The van der Waals surface area contributed by atoms with Crippen LogP contribution in [0.2, 0.25) is 0 Å². The molecule has 0 fully saturated rings. The van der Waals surface area contributed by atoms with E-state index in [2.05, 4.69) is 0 Å². The molecule has 0 aliphatic rings. The minimum Gasteiger partial charge on any atom is -1.00 e. The zero-order valence-corrected chi connectivity index (χ0v) is 11.2. The van der Waals surface area contributed by atoms with Crippen molar-refractivity contribution in [3.05, 3.63) is 0 Å². The van der Waals surface area contributed by atoms with Crippen molar-refractivity contribution in [2.45, 2.75) is 0 Å². The quantitative estimate of drug-likeness (QED) is 0.333. The summed E-state index contributed by atoms with van der Waals surface area (Å²) in [5.41, 5.74) is 0. The van der Waals surface area contributed by atoms with Crippen LogP contribution in [-0.4, -0.2) is 0 Å². The van der Waals surface area contributed by atoms with Crippen molar-refractivity contribution in [3.8, 4) is 0 Å². The van der Waals surface area contributed by atoms with Gasteiger partial charge in [0.05, 0.1) is 0 Å². The smallest absolute Gasteiger partial charge is 0 e. The van der Waals surface area contributed by atoms with Crippen molar-refractivity contribution in [2.75, 3.05) is 0 Å². The maximum atomic E-state index is 0. The molecule has 0 unspecified atom stereocenters. The Balaban J connectivity index is 0. The minimum absolute atomic E-state index is 0. The van der Waals surface area contributed by atoms with Crippen LogP contribution in [0.4, 0.5) is 0 Å². The molecule has 0 aromatic heterocycles. The van der Waals surface area contributed by atoms with Gasteiger partial charge in [0.2, 0.25) is 0 Å². The fourth-order valence-corrected chi connectivity index (χ4v) is 0. The summed E-state index contributed by atoms with van der Waals surface area (Å²) in [4.78, 5) is 0. The van der Waals surface area contributed by atoms with E-state index in [1.165, 1.54) is 0 Å². The standard InChI is InChI=1S/Ac.3BrH/h;3*1H/p-3. The molecule has 4 heavy (non-hydrogen) atoms. The first-order valence-electron chi connectivity index (χ1n) is 0. The molecule has 27 valence electrons. The third-order valence-electron chi connectivity index (χ3n) is 0. The molecule has 0 N–H and O–H groups in total. The van der Waals surface area contributed by atoms with Gasteiger partial charge in [-0.05, 0) is 0 Å². The zero-order valence-electron chi connectivity index (χ0n) is 1.71. The second-order valence-corrected chi connectivity index (χ2v) is 0. The topological polar surface area (TPSA) is 0 Å². The second kappa shape index (κ2) is 16.9. The Hall–Kier alpha value is 2.88. The molecule has 0 amide bonds. The molecule has 0 aliphatic carbocycles. The van der Waals surface area contributed by atoms with E-state index in [1.54, 1.807) is 0 Å². The average molecular weight is 467 g/mol. The van der Waals surface area contributed by atoms with Gasteiger partial charge < -0.3 is 50.9 Å². The van der Waals surface area contributed by atoms with Crippen molar-refractivity contribution in [3.63, 3.8) is 0 Å². The fourth-order valence-electron chi connectivity index (χ4n) is 0. The normalized spacial score (nSPS) is 0. The molecule has 0 spiro atoms.